The van der Waals surface area contributed by atoms with Crippen molar-refractivity contribution in [2.45, 2.75) is 45.1 Å². The van der Waals surface area contributed by atoms with E-state index in [1.807, 2.05) is 37.3 Å². The zero-order valence-corrected chi connectivity index (χ0v) is 13.5. The molecule has 0 saturated heterocycles. The number of hydrogen-bond donors (Lipinski definition) is 2. The summed E-state index contributed by atoms with van der Waals surface area (Å²) in [4.78, 5) is 12.2. The minimum atomic E-state index is -0.319. The third-order valence-corrected chi connectivity index (χ3v) is 3.86. The van der Waals surface area contributed by atoms with Gasteiger partial charge in [0.25, 0.3) is 5.91 Å². The summed E-state index contributed by atoms with van der Waals surface area (Å²) in [6.45, 7) is 2.46. The van der Waals surface area contributed by atoms with Crippen LogP contribution in [-0.4, -0.2) is 18.6 Å². The second kappa shape index (κ2) is 8.84. The molecule has 0 atom stereocenters. The molecule has 23 heavy (non-hydrogen) atoms. The molecule has 5 heteroatoms. The quantitative estimate of drug-likeness (QED) is 0.624. The number of benzene rings is 1. The minimum Gasteiger partial charge on any atom is -0.492 e. The van der Waals surface area contributed by atoms with Crippen LogP contribution in [0.4, 0.5) is 5.69 Å². The zero-order chi connectivity index (χ0) is 16.5. The fraction of sp³-hybridized carbons (Fsp3) is 0.444. The highest BCUT2D eigenvalue weighted by Crippen LogP contribution is 2.24. The lowest BCUT2D eigenvalue weighted by atomic mass is 9.95. The van der Waals surface area contributed by atoms with Crippen molar-refractivity contribution in [3.8, 4) is 11.8 Å². The number of nitrogens with zero attached hydrogens (tertiary/aromatic N) is 1. The highest BCUT2D eigenvalue weighted by atomic mass is 16.5. The molecule has 1 aliphatic carbocycles. The molecule has 0 unspecified atom stereocenters. The maximum atomic E-state index is 12.2. The van der Waals surface area contributed by atoms with Crippen molar-refractivity contribution in [3.63, 3.8) is 0 Å². The van der Waals surface area contributed by atoms with Crippen molar-refractivity contribution in [2.75, 3.05) is 11.9 Å². The maximum absolute atomic E-state index is 12.2. The van der Waals surface area contributed by atoms with Crippen LogP contribution in [0.2, 0.25) is 0 Å². The normalized spacial score (nSPS) is 15.6. The number of hydrogen-bond acceptors (Lipinski definition) is 4. The molecule has 122 valence electrons. The number of carbonyl (C=O) groups is 1. The third-order valence-electron chi connectivity index (χ3n) is 3.86. The van der Waals surface area contributed by atoms with Crippen molar-refractivity contribution in [1.29, 1.82) is 5.26 Å². The summed E-state index contributed by atoms with van der Waals surface area (Å²) in [5.74, 6) is 0.372. The molecular formula is C18H23N3O2. The van der Waals surface area contributed by atoms with Gasteiger partial charge in [-0.1, -0.05) is 31.4 Å². The van der Waals surface area contributed by atoms with Crippen LogP contribution in [0.1, 0.15) is 39.0 Å². The Morgan fingerprint density at radius 1 is 1.35 bits per heavy atom. The molecular weight excluding hydrogens is 290 g/mol. The van der Waals surface area contributed by atoms with E-state index in [2.05, 4.69) is 10.6 Å². The first-order chi connectivity index (χ1) is 11.2. The summed E-state index contributed by atoms with van der Waals surface area (Å²) in [5, 5.41) is 15.2. The summed E-state index contributed by atoms with van der Waals surface area (Å²) in [7, 11) is 0. The molecule has 0 radical (unpaired) electrons. The van der Waals surface area contributed by atoms with Gasteiger partial charge in [-0.2, -0.15) is 5.26 Å². The van der Waals surface area contributed by atoms with Gasteiger partial charge in [0.15, 0.2) is 0 Å². The van der Waals surface area contributed by atoms with Crippen LogP contribution in [0.3, 0.4) is 0 Å². The molecule has 0 aliphatic heterocycles. The third kappa shape index (κ3) is 5.03. The van der Waals surface area contributed by atoms with Crippen molar-refractivity contribution in [2.24, 2.45) is 0 Å². The first-order valence-electron chi connectivity index (χ1n) is 8.14. The first kappa shape index (κ1) is 16.9. The topological polar surface area (TPSA) is 74.1 Å². The molecule has 0 aromatic heterocycles. The molecule has 1 fully saturated rings. The number of rotatable bonds is 6. The van der Waals surface area contributed by atoms with Gasteiger partial charge < -0.3 is 15.4 Å². The first-order valence-corrected chi connectivity index (χ1v) is 8.14. The Bertz CT molecular complexity index is 599. The van der Waals surface area contributed by atoms with E-state index < -0.39 is 0 Å². The molecule has 1 aliphatic rings. The fourth-order valence-electron chi connectivity index (χ4n) is 2.68. The van der Waals surface area contributed by atoms with Gasteiger partial charge in [0.1, 0.15) is 17.4 Å². The monoisotopic (exact) mass is 313 g/mol. The summed E-state index contributed by atoms with van der Waals surface area (Å²) in [6, 6.07) is 9.57. The Hall–Kier alpha value is -2.48. The minimum absolute atomic E-state index is 0.0712. The Kier molecular flexibility index (Phi) is 6.49. The number of carbonyl (C=O) groups excluding carboxylic acids is 1. The lowest BCUT2D eigenvalue weighted by Gasteiger charge is -2.22. The van der Waals surface area contributed by atoms with Crippen LogP contribution < -0.4 is 15.4 Å². The van der Waals surface area contributed by atoms with E-state index >= 15 is 0 Å². The van der Waals surface area contributed by atoms with Gasteiger partial charge in [-0.25, -0.2) is 0 Å². The molecule has 2 rings (SSSR count). The van der Waals surface area contributed by atoms with Gasteiger partial charge in [-0.15, -0.1) is 0 Å². The summed E-state index contributed by atoms with van der Waals surface area (Å²) in [5.41, 5.74) is 0.800. The van der Waals surface area contributed by atoms with Gasteiger partial charge in [0, 0.05) is 12.2 Å². The fourth-order valence-corrected chi connectivity index (χ4v) is 2.68. The number of amides is 1. The molecule has 1 amide bonds. The molecule has 1 aromatic carbocycles. The van der Waals surface area contributed by atoms with Crippen molar-refractivity contribution >= 4 is 11.6 Å². The Balaban J connectivity index is 2.01. The number of ether oxygens (including phenoxy) is 1. The average Bonchev–Trinajstić information content (AvgIpc) is 2.58. The van der Waals surface area contributed by atoms with Gasteiger partial charge in [-0.3, -0.25) is 4.79 Å². The average molecular weight is 313 g/mol. The van der Waals surface area contributed by atoms with Crippen LogP contribution in [0, 0.1) is 11.3 Å². The van der Waals surface area contributed by atoms with E-state index in [1.54, 1.807) is 0 Å². The number of nitrogens with one attached hydrogen (secondary N) is 2. The summed E-state index contributed by atoms with van der Waals surface area (Å²) < 4.78 is 5.51. The summed E-state index contributed by atoms with van der Waals surface area (Å²) in [6.07, 6.45) is 6.92. The highest BCUT2D eigenvalue weighted by Gasteiger charge is 2.18. The molecule has 1 aromatic rings. The van der Waals surface area contributed by atoms with E-state index in [0.29, 0.717) is 12.4 Å². The Labute approximate surface area is 137 Å². The SMILES string of the molecule is CCOc1ccccc1N/C=C(/C#N)C(=O)NC1CCCCC1. The van der Waals surface area contributed by atoms with Crippen LogP contribution in [0.25, 0.3) is 0 Å². The molecule has 0 bridgehead atoms. The molecule has 2 N–H and O–H groups in total. The predicted molar refractivity (Wildman–Crippen MR) is 89.9 cm³/mol. The van der Waals surface area contributed by atoms with Crippen LogP contribution >= 0.6 is 0 Å². The van der Waals surface area contributed by atoms with Gasteiger partial charge in [-0.05, 0) is 31.9 Å². The smallest absolute Gasteiger partial charge is 0.263 e. The van der Waals surface area contributed by atoms with Crippen molar-refractivity contribution in [1.82, 2.24) is 5.32 Å². The van der Waals surface area contributed by atoms with Crippen LogP contribution in [0.15, 0.2) is 36.0 Å². The molecule has 0 heterocycles. The largest absolute Gasteiger partial charge is 0.492 e. The van der Waals surface area contributed by atoms with Crippen molar-refractivity contribution in [3.05, 3.63) is 36.0 Å². The Morgan fingerprint density at radius 2 is 2.09 bits per heavy atom. The van der Waals surface area contributed by atoms with E-state index in [4.69, 9.17) is 4.74 Å². The standard InChI is InChI=1S/C18H23N3O2/c1-2-23-17-11-7-6-10-16(17)20-13-14(12-19)18(22)21-15-8-4-3-5-9-15/h6-7,10-11,13,15,20H,2-5,8-9H2,1H3,(H,21,22)/b14-13-. The number of para-hydroxylation sites is 2. The predicted octanol–water partition coefficient (Wildman–Crippen LogP) is 3.35. The summed E-state index contributed by atoms with van der Waals surface area (Å²) >= 11 is 0. The second-order valence-corrected chi connectivity index (χ2v) is 5.55. The molecule has 5 nitrogen and oxygen atoms in total. The van der Waals surface area contributed by atoms with Gasteiger partial charge in [0.05, 0.1) is 12.3 Å². The van der Waals surface area contributed by atoms with Crippen molar-refractivity contribution < 1.29 is 9.53 Å². The second-order valence-electron chi connectivity index (χ2n) is 5.55. The van der Waals surface area contributed by atoms with E-state index in [1.165, 1.54) is 12.6 Å². The molecule has 0 spiro atoms. The number of nitriles is 1. The van der Waals surface area contributed by atoms with E-state index in [0.717, 1.165) is 31.4 Å². The van der Waals surface area contributed by atoms with E-state index in [-0.39, 0.29) is 17.5 Å². The number of anilines is 1. The van der Waals surface area contributed by atoms with Gasteiger partial charge >= 0.3 is 0 Å². The van der Waals surface area contributed by atoms with Crippen LogP contribution in [0.5, 0.6) is 5.75 Å². The maximum Gasteiger partial charge on any atom is 0.263 e. The lowest BCUT2D eigenvalue weighted by molar-refractivity contribution is -0.118. The van der Waals surface area contributed by atoms with Crippen LogP contribution in [-0.2, 0) is 4.79 Å². The lowest BCUT2D eigenvalue weighted by Crippen LogP contribution is -2.37. The van der Waals surface area contributed by atoms with Gasteiger partial charge in [0.2, 0.25) is 0 Å². The zero-order valence-electron chi connectivity index (χ0n) is 13.5. The van der Waals surface area contributed by atoms with E-state index in [9.17, 15) is 10.1 Å². The highest BCUT2D eigenvalue weighted by molar-refractivity contribution is 5.97. The Morgan fingerprint density at radius 3 is 2.78 bits per heavy atom. The molecule has 1 saturated carbocycles.